The van der Waals surface area contributed by atoms with Gasteiger partial charge in [-0.15, -0.1) is 0 Å². The molecule has 2 aliphatic heterocycles. The van der Waals surface area contributed by atoms with E-state index in [1.54, 1.807) is 11.1 Å². The molecule has 2 saturated heterocycles. The van der Waals surface area contributed by atoms with Crippen LogP contribution in [0.1, 0.15) is 38.4 Å². The number of amides is 2. The van der Waals surface area contributed by atoms with Gasteiger partial charge in [-0.2, -0.15) is 0 Å². The largest absolute Gasteiger partial charge is 0.392 e. The lowest BCUT2D eigenvalue weighted by molar-refractivity contribution is -0.154. The van der Waals surface area contributed by atoms with Crippen LogP contribution in [0.5, 0.6) is 0 Å². The van der Waals surface area contributed by atoms with Crippen LogP contribution in [0.4, 0.5) is 0 Å². The SMILES string of the molecule is CCc1nccn1CCC(=O)N1CC[C@@H](O)[C@@]2(CCCNC2=O)C1. The summed E-state index contributed by atoms with van der Waals surface area (Å²) in [6.07, 6.45) is 6.15. The third kappa shape index (κ3) is 3.05. The third-order valence-electron chi connectivity index (χ3n) is 5.36. The zero-order chi connectivity index (χ0) is 17.2. The minimum atomic E-state index is -0.824. The Balaban J connectivity index is 1.64. The van der Waals surface area contributed by atoms with Crippen LogP contribution in [0.15, 0.2) is 12.4 Å². The molecule has 0 saturated carbocycles. The van der Waals surface area contributed by atoms with Crippen molar-refractivity contribution in [2.75, 3.05) is 19.6 Å². The van der Waals surface area contributed by atoms with Crippen LogP contribution in [0.2, 0.25) is 0 Å². The normalized spacial score (nSPS) is 27.3. The first-order valence-electron chi connectivity index (χ1n) is 8.81. The van der Waals surface area contributed by atoms with Gasteiger partial charge in [0.2, 0.25) is 11.8 Å². The smallest absolute Gasteiger partial charge is 0.230 e. The van der Waals surface area contributed by atoms with Crippen molar-refractivity contribution >= 4 is 11.8 Å². The van der Waals surface area contributed by atoms with Crippen LogP contribution in [-0.4, -0.2) is 57.1 Å². The lowest BCUT2D eigenvalue weighted by Gasteiger charge is -2.46. The second kappa shape index (κ2) is 6.93. The number of rotatable bonds is 4. The van der Waals surface area contributed by atoms with E-state index in [9.17, 15) is 14.7 Å². The predicted molar refractivity (Wildman–Crippen MR) is 88.1 cm³/mol. The monoisotopic (exact) mass is 334 g/mol. The molecule has 3 heterocycles. The average Bonchev–Trinajstić information content (AvgIpc) is 3.05. The maximum atomic E-state index is 12.6. The Bertz CT molecular complexity index is 615. The highest BCUT2D eigenvalue weighted by molar-refractivity contribution is 5.86. The lowest BCUT2D eigenvalue weighted by Crippen LogP contribution is -2.62. The van der Waals surface area contributed by atoms with Crippen LogP contribution in [0, 0.1) is 5.41 Å². The zero-order valence-corrected chi connectivity index (χ0v) is 14.2. The summed E-state index contributed by atoms with van der Waals surface area (Å²) < 4.78 is 2.00. The third-order valence-corrected chi connectivity index (χ3v) is 5.36. The molecule has 0 aromatic carbocycles. The molecule has 2 amide bonds. The first kappa shape index (κ1) is 17.0. The first-order chi connectivity index (χ1) is 11.6. The summed E-state index contributed by atoms with van der Waals surface area (Å²) in [7, 11) is 0. The number of nitrogens with zero attached hydrogens (tertiary/aromatic N) is 3. The summed E-state index contributed by atoms with van der Waals surface area (Å²) >= 11 is 0. The molecule has 0 unspecified atom stereocenters. The Labute approximate surface area is 142 Å². The van der Waals surface area contributed by atoms with Gasteiger partial charge in [0.1, 0.15) is 5.82 Å². The van der Waals surface area contributed by atoms with Crippen molar-refractivity contribution in [3.8, 4) is 0 Å². The molecule has 3 rings (SSSR count). The topological polar surface area (TPSA) is 87.5 Å². The first-order valence-corrected chi connectivity index (χ1v) is 8.81. The minimum absolute atomic E-state index is 0.0374. The molecule has 0 radical (unpaired) electrons. The Kier molecular flexibility index (Phi) is 4.89. The quantitative estimate of drug-likeness (QED) is 0.830. The second-order valence-electron chi connectivity index (χ2n) is 6.78. The molecular formula is C17H26N4O3. The van der Waals surface area contributed by atoms with Gasteiger partial charge in [0.25, 0.3) is 0 Å². The molecule has 1 aromatic heterocycles. The number of hydrogen-bond donors (Lipinski definition) is 2. The van der Waals surface area contributed by atoms with Crippen molar-refractivity contribution in [2.24, 2.45) is 5.41 Å². The molecule has 2 fully saturated rings. The van der Waals surface area contributed by atoms with Crippen LogP contribution in [-0.2, 0) is 22.6 Å². The highest BCUT2D eigenvalue weighted by Gasteiger charge is 2.50. The second-order valence-corrected chi connectivity index (χ2v) is 6.78. The number of nitrogens with one attached hydrogen (secondary N) is 1. The predicted octanol–water partition coefficient (Wildman–Crippen LogP) is 0.325. The Morgan fingerprint density at radius 2 is 2.38 bits per heavy atom. The molecule has 2 atom stereocenters. The average molecular weight is 334 g/mol. The van der Waals surface area contributed by atoms with Crippen molar-refractivity contribution in [3.63, 3.8) is 0 Å². The number of likely N-dealkylation sites (tertiary alicyclic amines) is 1. The van der Waals surface area contributed by atoms with E-state index < -0.39 is 11.5 Å². The molecular weight excluding hydrogens is 308 g/mol. The number of carbonyl (C=O) groups is 2. The lowest BCUT2D eigenvalue weighted by atomic mass is 9.71. The maximum Gasteiger partial charge on any atom is 0.230 e. The standard InChI is InChI=1S/C17H26N4O3/c1-2-14-18-8-11-20(14)10-5-15(23)21-9-4-13(22)17(12-21)6-3-7-19-16(17)24/h8,11,13,22H,2-7,9-10,12H2,1H3,(H,19,24)/t13-,17-/m1/s1. The highest BCUT2D eigenvalue weighted by atomic mass is 16.3. The fourth-order valence-electron chi connectivity index (χ4n) is 3.89. The van der Waals surface area contributed by atoms with Crippen molar-refractivity contribution < 1.29 is 14.7 Å². The Hall–Kier alpha value is -1.89. The van der Waals surface area contributed by atoms with Gasteiger partial charge in [-0.1, -0.05) is 6.92 Å². The molecule has 0 bridgehead atoms. The van der Waals surface area contributed by atoms with Crippen LogP contribution >= 0.6 is 0 Å². The van der Waals surface area contributed by atoms with E-state index in [1.807, 2.05) is 17.7 Å². The summed E-state index contributed by atoms with van der Waals surface area (Å²) in [6.45, 7) is 4.13. The maximum absolute atomic E-state index is 12.6. The summed E-state index contributed by atoms with van der Waals surface area (Å²) in [5.74, 6) is 0.900. The zero-order valence-electron chi connectivity index (χ0n) is 14.2. The van der Waals surface area contributed by atoms with Crippen LogP contribution < -0.4 is 5.32 Å². The van der Waals surface area contributed by atoms with Crippen LogP contribution in [0.3, 0.4) is 0 Å². The Morgan fingerprint density at radius 3 is 3.12 bits per heavy atom. The van der Waals surface area contributed by atoms with Crippen molar-refractivity contribution in [2.45, 2.75) is 51.7 Å². The fraction of sp³-hybridized carbons (Fsp3) is 0.706. The molecule has 24 heavy (non-hydrogen) atoms. The summed E-state index contributed by atoms with van der Waals surface area (Å²) in [5, 5.41) is 13.2. The molecule has 1 spiro atoms. The number of piperidine rings is 2. The van der Waals surface area contributed by atoms with Gasteiger partial charge in [0.05, 0.1) is 11.5 Å². The number of imidazole rings is 1. The molecule has 2 aliphatic rings. The van der Waals surface area contributed by atoms with Gasteiger partial charge in [-0.05, 0) is 19.3 Å². The molecule has 7 nitrogen and oxygen atoms in total. The van der Waals surface area contributed by atoms with Gasteiger partial charge in [0, 0.05) is 51.4 Å². The van der Waals surface area contributed by atoms with E-state index in [0.29, 0.717) is 45.4 Å². The van der Waals surface area contributed by atoms with E-state index >= 15 is 0 Å². The number of carbonyl (C=O) groups excluding carboxylic acids is 2. The highest BCUT2D eigenvalue weighted by Crippen LogP contribution is 2.37. The fourth-order valence-corrected chi connectivity index (χ4v) is 3.89. The van der Waals surface area contributed by atoms with Gasteiger partial charge < -0.3 is 19.9 Å². The summed E-state index contributed by atoms with van der Waals surface area (Å²) in [6, 6.07) is 0. The van der Waals surface area contributed by atoms with Gasteiger partial charge in [0.15, 0.2) is 0 Å². The van der Waals surface area contributed by atoms with Gasteiger partial charge in [-0.25, -0.2) is 4.98 Å². The summed E-state index contributed by atoms with van der Waals surface area (Å²) in [5.41, 5.74) is -0.824. The van der Waals surface area contributed by atoms with Crippen molar-refractivity contribution in [3.05, 3.63) is 18.2 Å². The Morgan fingerprint density at radius 1 is 1.54 bits per heavy atom. The van der Waals surface area contributed by atoms with Crippen molar-refractivity contribution in [1.29, 1.82) is 0 Å². The van der Waals surface area contributed by atoms with E-state index in [2.05, 4.69) is 10.3 Å². The number of aliphatic hydroxyl groups excluding tert-OH is 1. The number of hydrogen-bond acceptors (Lipinski definition) is 4. The number of aliphatic hydroxyl groups is 1. The summed E-state index contributed by atoms with van der Waals surface area (Å²) in [4.78, 5) is 31.0. The molecule has 2 N–H and O–H groups in total. The van der Waals surface area contributed by atoms with Crippen LogP contribution in [0.25, 0.3) is 0 Å². The van der Waals surface area contributed by atoms with E-state index in [-0.39, 0.29) is 11.8 Å². The molecule has 7 heteroatoms. The van der Waals surface area contributed by atoms with E-state index in [0.717, 1.165) is 18.7 Å². The molecule has 0 aliphatic carbocycles. The number of aromatic nitrogens is 2. The van der Waals surface area contributed by atoms with E-state index in [1.165, 1.54) is 0 Å². The molecule has 132 valence electrons. The van der Waals surface area contributed by atoms with E-state index in [4.69, 9.17) is 0 Å². The minimum Gasteiger partial charge on any atom is -0.392 e. The van der Waals surface area contributed by atoms with Crippen molar-refractivity contribution in [1.82, 2.24) is 19.8 Å². The molecule has 1 aromatic rings. The van der Waals surface area contributed by atoms with Gasteiger partial charge >= 0.3 is 0 Å². The van der Waals surface area contributed by atoms with Gasteiger partial charge in [-0.3, -0.25) is 9.59 Å². The number of aryl methyl sites for hydroxylation is 2.